The van der Waals surface area contributed by atoms with Crippen LogP contribution in [0.5, 0.6) is 0 Å². The predicted molar refractivity (Wildman–Crippen MR) is 95.6 cm³/mol. The largest absolute Gasteiger partial charge is 0.353 e. The molecule has 3 nitrogen and oxygen atoms in total. The Morgan fingerprint density at radius 1 is 1.09 bits per heavy atom. The summed E-state index contributed by atoms with van der Waals surface area (Å²) in [4.78, 5) is 12.5. The summed E-state index contributed by atoms with van der Waals surface area (Å²) in [5.41, 5.74) is 0. The average Bonchev–Trinajstić information content (AvgIpc) is 3.20. The summed E-state index contributed by atoms with van der Waals surface area (Å²) in [5.74, 6) is 5.34. The van der Waals surface area contributed by atoms with Crippen molar-refractivity contribution >= 4 is 18.3 Å². The van der Waals surface area contributed by atoms with Gasteiger partial charge in [0.2, 0.25) is 5.91 Å². The lowest BCUT2D eigenvalue weighted by molar-refractivity contribution is -0.123. The monoisotopic (exact) mass is 340 g/mol. The van der Waals surface area contributed by atoms with Crippen LogP contribution in [0, 0.1) is 35.5 Å². The Labute approximate surface area is 147 Å². The Bertz CT molecular complexity index is 424. The lowest BCUT2D eigenvalue weighted by Crippen LogP contribution is -2.43. The molecule has 0 aromatic heterocycles. The predicted octanol–water partition coefficient (Wildman–Crippen LogP) is 3.37. The van der Waals surface area contributed by atoms with E-state index in [-0.39, 0.29) is 12.4 Å². The van der Waals surface area contributed by atoms with Gasteiger partial charge in [0.25, 0.3) is 0 Å². The first-order chi connectivity index (χ1) is 10.7. The molecule has 1 amide bonds. The molecule has 1 saturated heterocycles. The van der Waals surface area contributed by atoms with E-state index in [1.807, 2.05) is 0 Å². The maximum absolute atomic E-state index is 12.5. The fourth-order valence-corrected chi connectivity index (χ4v) is 6.37. The third kappa shape index (κ3) is 3.42. The summed E-state index contributed by atoms with van der Waals surface area (Å²) in [6.45, 7) is 4.54. The van der Waals surface area contributed by atoms with Crippen LogP contribution < -0.4 is 10.6 Å². The van der Waals surface area contributed by atoms with Gasteiger partial charge in [0.15, 0.2) is 0 Å². The van der Waals surface area contributed by atoms with Crippen LogP contribution in [-0.4, -0.2) is 25.0 Å². The van der Waals surface area contributed by atoms with Gasteiger partial charge >= 0.3 is 0 Å². The molecule has 1 heterocycles. The highest BCUT2D eigenvalue weighted by Gasteiger charge is 2.54. The minimum Gasteiger partial charge on any atom is -0.353 e. The normalized spacial score (nSPS) is 40.5. The van der Waals surface area contributed by atoms with E-state index in [2.05, 4.69) is 17.6 Å². The van der Waals surface area contributed by atoms with E-state index in [0.717, 1.165) is 49.1 Å². The van der Waals surface area contributed by atoms with Crippen LogP contribution in [0.2, 0.25) is 0 Å². The molecule has 4 heteroatoms. The summed E-state index contributed by atoms with van der Waals surface area (Å²) in [7, 11) is 0. The summed E-state index contributed by atoms with van der Waals surface area (Å²) in [6, 6.07) is 0.511. The molecule has 4 rings (SSSR count). The molecule has 6 unspecified atom stereocenters. The van der Waals surface area contributed by atoms with Crippen LogP contribution >= 0.6 is 12.4 Å². The van der Waals surface area contributed by atoms with Gasteiger partial charge in [0.05, 0.1) is 0 Å². The van der Waals surface area contributed by atoms with E-state index in [0.29, 0.717) is 17.9 Å². The minimum atomic E-state index is 0. The van der Waals surface area contributed by atoms with E-state index >= 15 is 0 Å². The molecule has 6 atom stereocenters. The van der Waals surface area contributed by atoms with Gasteiger partial charge in [-0.25, -0.2) is 0 Å². The molecule has 0 spiro atoms. The number of fused-ring (bicyclic) bond motifs is 5. The Morgan fingerprint density at radius 2 is 1.83 bits per heavy atom. The van der Waals surface area contributed by atoms with Crippen molar-refractivity contribution in [2.45, 2.75) is 64.3 Å². The first-order valence-electron chi connectivity index (χ1n) is 9.72. The number of rotatable bonds is 4. The van der Waals surface area contributed by atoms with Crippen molar-refractivity contribution in [3.8, 4) is 0 Å². The van der Waals surface area contributed by atoms with Crippen molar-refractivity contribution in [1.29, 1.82) is 0 Å². The van der Waals surface area contributed by atoms with Crippen LogP contribution in [-0.2, 0) is 4.79 Å². The summed E-state index contributed by atoms with van der Waals surface area (Å²) < 4.78 is 0. The molecule has 4 fully saturated rings. The van der Waals surface area contributed by atoms with E-state index in [9.17, 15) is 4.79 Å². The first kappa shape index (κ1) is 17.5. The topological polar surface area (TPSA) is 41.1 Å². The second-order valence-electron chi connectivity index (χ2n) is 8.60. The third-order valence-corrected chi connectivity index (χ3v) is 7.47. The van der Waals surface area contributed by atoms with Gasteiger partial charge in [-0.15, -0.1) is 12.4 Å². The molecule has 3 saturated carbocycles. The molecule has 0 aromatic carbocycles. The summed E-state index contributed by atoms with van der Waals surface area (Å²) >= 11 is 0. The maximum Gasteiger partial charge on any atom is 0.220 e. The van der Waals surface area contributed by atoms with Gasteiger partial charge in [-0.1, -0.05) is 13.3 Å². The minimum absolute atomic E-state index is 0. The molecule has 2 N–H and O–H groups in total. The van der Waals surface area contributed by atoms with Crippen molar-refractivity contribution in [2.75, 3.05) is 13.1 Å². The number of carbonyl (C=O) groups excluding carboxylic acids is 1. The molecule has 0 radical (unpaired) electrons. The van der Waals surface area contributed by atoms with Crippen LogP contribution in [0.3, 0.4) is 0 Å². The fraction of sp³-hybridized carbons (Fsp3) is 0.947. The molecule has 132 valence electrons. The lowest BCUT2D eigenvalue weighted by Gasteiger charge is -2.33. The highest BCUT2D eigenvalue weighted by Crippen LogP contribution is 2.58. The molecule has 2 bridgehead atoms. The Kier molecular flexibility index (Phi) is 5.57. The van der Waals surface area contributed by atoms with Crippen molar-refractivity contribution in [1.82, 2.24) is 10.6 Å². The molecule has 0 aromatic rings. The second kappa shape index (κ2) is 7.31. The third-order valence-electron chi connectivity index (χ3n) is 7.47. The average molecular weight is 341 g/mol. The Balaban J connectivity index is 0.00000156. The zero-order valence-corrected chi connectivity index (χ0v) is 15.2. The number of amides is 1. The van der Waals surface area contributed by atoms with Crippen molar-refractivity contribution in [3.63, 3.8) is 0 Å². The number of piperidine rings is 1. The maximum atomic E-state index is 12.5. The van der Waals surface area contributed by atoms with Gasteiger partial charge in [-0.2, -0.15) is 0 Å². The van der Waals surface area contributed by atoms with E-state index < -0.39 is 0 Å². The highest BCUT2D eigenvalue weighted by atomic mass is 35.5. The number of hydrogen-bond acceptors (Lipinski definition) is 2. The van der Waals surface area contributed by atoms with Crippen molar-refractivity contribution in [3.05, 3.63) is 0 Å². The zero-order valence-electron chi connectivity index (χ0n) is 14.4. The van der Waals surface area contributed by atoms with Crippen LogP contribution in [0.4, 0.5) is 0 Å². The van der Waals surface area contributed by atoms with Crippen molar-refractivity contribution < 1.29 is 4.79 Å². The van der Waals surface area contributed by atoms with Crippen LogP contribution in [0.1, 0.15) is 58.3 Å². The van der Waals surface area contributed by atoms with E-state index in [4.69, 9.17) is 0 Å². The van der Waals surface area contributed by atoms with Crippen molar-refractivity contribution in [2.24, 2.45) is 35.5 Å². The molecular weight excluding hydrogens is 308 g/mol. The second-order valence-corrected chi connectivity index (χ2v) is 8.60. The van der Waals surface area contributed by atoms with Gasteiger partial charge in [0, 0.05) is 12.5 Å². The number of halogens is 1. The lowest BCUT2D eigenvalue weighted by atomic mass is 9.79. The molecule has 4 aliphatic rings. The zero-order chi connectivity index (χ0) is 15.1. The number of nitrogens with one attached hydrogen (secondary N) is 2. The fourth-order valence-electron chi connectivity index (χ4n) is 6.37. The summed E-state index contributed by atoms with van der Waals surface area (Å²) in [6.07, 6.45) is 10.3. The number of hydrogen-bond donors (Lipinski definition) is 2. The molecule has 23 heavy (non-hydrogen) atoms. The van der Waals surface area contributed by atoms with Gasteiger partial charge < -0.3 is 10.6 Å². The highest BCUT2D eigenvalue weighted by molar-refractivity contribution is 5.85. The van der Waals surface area contributed by atoms with Gasteiger partial charge in [0.1, 0.15) is 0 Å². The standard InChI is InChI=1S/C19H32N2O.ClH/c1-12(13-5-7-20-8-6-13)9-19(22)21-18-11-14-10-17(18)16-4-2-3-15(14)16;/h12-18,20H,2-11H2,1H3,(H,21,22);1H. The Hall–Kier alpha value is -0.280. The van der Waals surface area contributed by atoms with Gasteiger partial charge in [-0.05, 0) is 87.1 Å². The quantitative estimate of drug-likeness (QED) is 0.823. The Morgan fingerprint density at radius 3 is 2.61 bits per heavy atom. The molecule has 1 aliphatic heterocycles. The van der Waals surface area contributed by atoms with Crippen LogP contribution in [0.15, 0.2) is 0 Å². The smallest absolute Gasteiger partial charge is 0.220 e. The SMILES string of the molecule is CC(CC(=O)NC1CC2CC1C1CCCC21)C1CCNCC1.Cl. The van der Waals surface area contributed by atoms with E-state index in [1.54, 1.807) is 0 Å². The molecule has 3 aliphatic carbocycles. The van der Waals surface area contributed by atoms with Gasteiger partial charge in [-0.3, -0.25) is 4.79 Å². The summed E-state index contributed by atoms with van der Waals surface area (Å²) in [5, 5.41) is 6.86. The first-order valence-corrected chi connectivity index (χ1v) is 9.72. The van der Waals surface area contributed by atoms with Crippen LogP contribution in [0.25, 0.3) is 0 Å². The van der Waals surface area contributed by atoms with E-state index in [1.165, 1.54) is 44.9 Å². The molecular formula is C19H33ClN2O. The number of carbonyl (C=O) groups is 1.